The Balaban J connectivity index is 1.41. The fourth-order valence-electron chi connectivity index (χ4n) is 3.24. The minimum absolute atomic E-state index is 0.0883. The fourth-order valence-corrected chi connectivity index (χ4v) is 4.33. The third-order valence-corrected chi connectivity index (χ3v) is 6.17. The summed E-state index contributed by atoms with van der Waals surface area (Å²) in [5.41, 5.74) is 1.25. The minimum Gasteiger partial charge on any atom is -0.368 e. The van der Waals surface area contributed by atoms with Crippen LogP contribution >= 0.6 is 0 Å². The second-order valence-electron chi connectivity index (χ2n) is 6.76. The minimum atomic E-state index is -4.23. The number of para-hydroxylation sites is 1. The molecule has 2 heterocycles. The van der Waals surface area contributed by atoms with E-state index in [1.807, 2.05) is 23.1 Å². The van der Waals surface area contributed by atoms with E-state index >= 15 is 0 Å². The third kappa shape index (κ3) is 4.33. The van der Waals surface area contributed by atoms with Crippen molar-refractivity contribution in [1.29, 1.82) is 0 Å². The molecule has 0 atom stereocenters. The van der Waals surface area contributed by atoms with Gasteiger partial charge in [0.05, 0.1) is 18.1 Å². The standard InChI is InChI=1S/C20H19F2N5O2S/c21-15-6-7-19(18(22)12-15)30(28,29)25-16-13-23-20(24-14-16)27-10-8-26(9-11-27)17-4-2-1-3-5-17/h1-7,12-14,25H,8-11H2. The Morgan fingerprint density at radius 2 is 1.50 bits per heavy atom. The van der Waals surface area contributed by atoms with Crippen molar-refractivity contribution in [1.82, 2.24) is 9.97 Å². The molecule has 1 aliphatic rings. The normalized spacial score (nSPS) is 14.6. The summed E-state index contributed by atoms with van der Waals surface area (Å²) in [5, 5.41) is 0. The number of aromatic nitrogens is 2. The molecule has 30 heavy (non-hydrogen) atoms. The second kappa shape index (κ2) is 8.23. The molecule has 4 rings (SSSR count). The zero-order chi connectivity index (χ0) is 21.1. The highest BCUT2D eigenvalue weighted by molar-refractivity contribution is 7.92. The highest BCUT2D eigenvalue weighted by atomic mass is 32.2. The highest BCUT2D eigenvalue weighted by Crippen LogP contribution is 2.21. The maximum absolute atomic E-state index is 13.8. The molecule has 0 spiro atoms. The Morgan fingerprint density at radius 3 is 2.13 bits per heavy atom. The molecule has 1 aromatic heterocycles. The number of rotatable bonds is 5. The predicted molar refractivity (Wildman–Crippen MR) is 110 cm³/mol. The number of sulfonamides is 1. The van der Waals surface area contributed by atoms with Gasteiger partial charge in [-0.3, -0.25) is 4.72 Å². The molecule has 7 nitrogen and oxygen atoms in total. The van der Waals surface area contributed by atoms with Gasteiger partial charge in [0.1, 0.15) is 16.5 Å². The van der Waals surface area contributed by atoms with Crippen molar-refractivity contribution in [2.24, 2.45) is 0 Å². The van der Waals surface area contributed by atoms with E-state index in [-0.39, 0.29) is 5.69 Å². The Morgan fingerprint density at radius 1 is 0.867 bits per heavy atom. The molecule has 0 saturated carbocycles. The van der Waals surface area contributed by atoms with Crippen molar-refractivity contribution < 1.29 is 17.2 Å². The maximum Gasteiger partial charge on any atom is 0.264 e. The molecular weight excluding hydrogens is 412 g/mol. The summed E-state index contributed by atoms with van der Waals surface area (Å²) in [7, 11) is -4.23. The van der Waals surface area contributed by atoms with Crippen LogP contribution in [-0.2, 0) is 10.0 Å². The lowest BCUT2D eigenvalue weighted by molar-refractivity contribution is 0.551. The number of piperazine rings is 1. The number of nitrogens with zero attached hydrogens (tertiary/aromatic N) is 4. The molecule has 0 aliphatic carbocycles. The van der Waals surface area contributed by atoms with Gasteiger partial charge >= 0.3 is 0 Å². The molecule has 1 fully saturated rings. The van der Waals surface area contributed by atoms with Crippen molar-refractivity contribution in [3.05, 3.63) is 72.6 Å². The first-order valence-electron chi connectivity index (χ1n) is 9.27. The summed E-state index contributed by atoms with van der Waals surface area (Å²) in [6, 6.07) is 12.4. The predicted octanol–water partition coefficient (Wildman–Crippen LogP) is 2.88. The lowest BCUT2D eigenvalue weighted by Crippen LogP contribution is -2.47. The van der Waals surface area contributed by atoms with Gasteiger partial charge in [-0.05, 0) is 24.3 Å². The first kappa shape index (κ1) is 20.0. The SMILES string of the molecule is O=S(=O)(Nc1cnc(N2CCN(c3ccccc3)CC2)nc1)c1ccc(F)cc1F. The van der Waals surface area contributed by atoms with Crippen molar-refractivity contribution in [2.45, 2.75) is 4.90 Å². The Labute approximate surface area is 173 Å². The van der Waals surface area contributed by atoms with Crippen LogP contribution in [0, 0.1) is 11.6 Å². The van der Waals surface area contributed by atoms with E-state index in [1.165, 1.54) is 12.4 Å². The molecule has 2 aromatic carbocycles. The van der Waals surface area contributed by atoms with Gasteiger partial charge in [-0.15, -0.1) is 0 Å². The van der Waals surface area contributed by atoms with Gasteiger partial charge in [0.25, 0.3) is 10.0 Å². The van der Waals surface area contributed by atoms with Crippen LogP contribution in [0.5, 0.6) is 0 Å². The average Bonchev–Trinajstić information content (AvgIpc) is 2.74. The molecule has 3 aromatic rings. The van der Waals surface area contributed by atoms with Crippen molar-refractivity contribution in [2.75, 3.05) is 40.7 Å². The molecule has 1 N–H and O–H groups in total. The monoisotopic (exact) mass is 431 g/mol. The topological polar surface area (TPSA) is 78.4 Å². The third-order valence-electron chi connectivity index (χ3n) is 4.76. The smallest absolute Gasteiger partial charge is 0.264 e. The van der Waals surface area contributed by atoms with Crippen LogP contribution in [0.25, 0.3) is 0 Å². The molecule has 10 heteroatoms. The first-order chi connectivity index (χ1) is 14.4. The second-order valence-corrected chi connectivity index (χ2v) is 8.41. The summed E-state index contributed by atoms with van der Waals surface area (Å²) in [4.78, 5) is 12.1. The van der Waals surface area contributed by atoms with E-state index < -0.39 is 26.6 Å². The molecule has 1 aliphatic heterocycles. The molecule has 1 saturated heterocycles. The Bertz CT molecular complexity index is 1120. The van der Waals surface area contributed by atoms with Crippen LogP contribution in [-0.4, -0.2) is 44.6 Å². The number of anilines is 3. The summed E-state index contributed by atoms with van der Waals surface area (Å²) >= 11 is 0. The van der Waals surface area contributed by atoms with E-state index in [4.69, 9.17) is 0 Å². The summed E-state index contributed by atoms with van der Waals surface area (Å²) in [5.74, 6) is -1.54. The average molecular weight is 431 g/mol. The van der Waals surface area contributed by atoms with E-state index in [1.54, 1.807) is 0 Å². The van der Waals surface area contributed by atoms with Crippen LogP contribution in [0.4, 0.5) is 26.1 Å². The lowest BCUT2D eigenvalue weighted by atomic mass is 10.2. The molecule has 156 valence electrons. The zero-order valence-electron chi connectivity index (χ0n) is 15.9. The van der Waals surface area contributed by atoms with Gasteiger partial charge in [0.2, 0.25) is 5.95 Å². The van der Waals surface area contributed by atoms with Gasteiger partial charge in [0, 0.05) is 37.9 Å². The molecular formula is C20H19F2N5O2S. The first-order valence-corrected chi connectivity index (χ1v) is 10.8. The summed E-state index contributed by atoms with van der Waals surface area (Å²) in [6.07, 6.45) is 2.65. The lowest BCUT2D eigenvalue weighted by Gasteiger charge is -2.36. The number of benzene rings is 2. The molecule has 0 unspecified atom stereocenters. The van der Waals surface area contributed by atoms with Crippen LogP contribution in [0.15, 0.2) is 65.8 Å². The molecule has 0 radical (unpaired) electrons. The fraction of sp³-hybridized carbons (Fsp3) is 0.200. The van der Waals surface area contributed by atoms with Crippen LogP contribution in [0.1, 0.15) is 0 Å². The number of nitrogens with one attached hydrogen (secondary N) is 1. The van der Waals surface area contributed by atoms with Crippen LogP contribution < -0.4 is 14.5 Å². The van der Waals surface area contributed by atoms with E-state index in [0.717, 1.165) is 44.0 Å². The van der Waals surface area contributed by atoms with Gasteiger partial charge in [0.15, 0.2) is 0 Å². The van der Waals surface area contributed by atoms with E-state index in [9.17, 15) is 17.2 Å². The van der Waals surface area contributed by atoms with Gasteiger partial charge in [-0.25, -0.2) is 27.2 Å². The maximum atomic E-state index is 13.8. The molecule has 0 bridgehead atoms. The van der Waals surface area contributed by atoms with Gasteiger partial charge in [-0.1, -0.05) is 18.2 Å². The van der Waals surface area contributed by atoms with Gasteiger partial charge in [-0.2, -0.15) is 0 Å². The van der Waals surface area contributed by atoms with Crippen LogP contribution in [0.2, 0.25) is 0 Å². The highest BCUT2D eigenvalue weighted by Gasteiger charge is 2.22. The van der Waals surface area contributed by atoms with Crippen molar-refractivity contribution >= 4 is 27.3 Å². The molecule has 0 amide bonds. The Kier molecular flexibility index (Phi) is 5.49. The van der Waals surface area contributed by atoms with Crippen molar-refractivity contribution in [3.63, 3.8) is 0 Å². The number of halogens is 2. The van der Waals surface area contributed by atoms with Gasteiger partial charge < -0.3 is 9.80 Å². The Hall–Kier alpha value is -3.27. The van der Waals surface area contributed by atoms with Crippen LogP contribution in [0.3, 0.4) is 0 Å². The van der Waals surface area contributed by atoms with Crippen molar-refractivity contribution in [3.8, 4) is 0 Å². The number of hydrogen-bond donors (Lipinski definition) is 1. The largest absolute Gasteiger partial charge is 0.368 e. The van der Waals surface area contributed by atoms with E-state index in [2.05, 4.69) is 31.7 Å². The number of hydrogen-bond acceptors (Lipinski definition) is 6. The quantitative estimate of drug-likeness (QED) is 0.669. The van der Waals surface area contributed by atoms with E-state index in [0.29, 0.717) is 12.0 Å². The zero-order valence-corrected chi connectivity index (χ0v) is 16.7. The summed E-state index contributed by atoms with van der Waals surface area (Å²) < 4.78 is 53.7. The summed E-state index contributed by atoms with van der Waals surface area (Å²) in [6.45, 7) is 3.07.